The van der Waals surface area contributed by atoms with Gasteiger partial charge in [-0.15, -0.1) is 0 Å². The second-order valence-electron chi connectivity index (χ2n) is 7.06. The molecule has 2 aromatic rings. The predicted molar refractivity (Wildman–Crippen MR) is 99.6 cm³/mol. The first kappa shape index (κ1) is 17.6. The minimum absolute atomic E-state index is 0.00132. The molecule has 1 fully saturated rings. The van der Waals surface area contributed by atoms with E-state index in [0.717, 1.165) is 42.9 Å². The largest absolute Gasteiger partial charge is 0.341 e. The van der Waals surface area contributed by atoms with Crippen LogP contribution in [-0.2, 0) is 11.3 Å². The zero-order valence-corrected chi connectivity index (χ0v) is 15.2. The molecule has 1 aromatic carbocycles. The number of hydrogen-bond acceptors (Lipinski definition) is 3. The summed E-state index contributed by atoms with van der Waals surface area (Å²) in [5, 5.41) is 5.84. The molecule has 1 atom stereocenters. The molecule has 5 heteroatoms. The molecule has 1 aliphatic heterocycles. The zero-order chi connectivity index (χ0) is 17.8. The van der Waals surface area contributed by atoms with Crippen molar-refractivity contribution in [3.05, 3.63) is 40.3 Å². The number of rotatable bonds is 4. The lowest BCUT2D eigenvalue weighted by Gasteiger charge is -2.21. The number of fused-ring (bicyclic) bond motifs is 1. The van der Waals surface area contributed by atoms with Crippen LogP contribution >= 0.6 is 0 Å². The van der Waals surface area contributed by atoms with Gasteiger partial charge in [0.15, 0.2) is 0 Å². The number of nitrogens with zero attached hydrogens (tertiary/aromatic N) is 3. The fraction of sp³-hybridized carbons (Fsp3) is 0.550. The van der Waals surface area contributed by atoms with Crippen LogP contribution in [0.1, 0.15) is 44.7 Å². The Labute approximate surface area is 148 Å². The van der Waals surface area contributed by atoms with Gasteiger partial charge in [-0.1, -0.05) is 38.0 Å². The minimum Gasteiger partial charge on any atom is -0.341 e. The fourth-order valence-corrected chi connectivity index (χ4v) is 3.85. The van der Waals surface area contributed by atoms with Crippen molar-refractivity contribution < 1.29 is 4.79 Å². The summed E-state index contributed by atoms with van der Waals surface area (Å²) in [4.78, 5) is 27.3. The van der Waals surface area contributed by atoms with Gasteiger partial charge >= 0.3 is 0 Å². The van der Waals surface area contributed by atoms with E-state index in [2.05, 4.69) is 12.0 Å². The van der Waals surface area contributed by atoms with Gasteiger partial charge in [0.1, 0.15) is 6.54 Å². The quantitative estimate of drug-likeness (QED) is 0.858. The Morgan fingerprint density at radius 1 is 1.20 bits per heavy atom. The Morgan fingerprint density at radius 3 is 2.72 bits per heavy atom. The van der Waals surface area contributed by atoms with Crippen LogP contribution in [0.5, 0.6) is 0 Å². The van der Waals surface area contributed by atoms with Gasteiger partial charge < -0.3 is 4.90 Å². The van der Waals surface area contributed by atoms with Gasteiger partial charge in [0, 0.05) is 18.5 Å². The van der Waals surface area contributed by atoms with Crippen LogP contribution in [0.25, 0.3) is 10.8 Å². The molecule has 1 aromatic heterocycles. The highest BCUT2D eigenvalue weighted by molar-refractivity contribution is 5.83. The molecule has 1 saturated heterocycles. The summed E-state index contributed by atoms with van der Waals surface area (Å²) in [6.45, 7) is 5.71. The maximum absolute atomic E-state index is 12.7. The summed E-state index contributed by atoms with van der Waals surface area (Å²) in [6.07, 6.45) is 5.76. The summed E-state index contributed by atoms with van der Waals surface area (Å²) < 4.78 is 1.33. The molecular formula is C20H27N3O2. The first-order chi connectivity index (χ1) is 12.1. The Balaban J connectivity index is 1.76. The van der Waals surface area contributed by atoms with Crippen molar-refractivity contribution >= 4 is 16.7 Å². The van der Waals surface area contributed by atoms with E-state index in [0.29, 0.717) is 5.39 Å². The van der Waals surface area contributed by atoms with Crippen molar-refractivity contribution in [2.45, 2.75) is 52.5 Å². The molecule has 0 aliphatic carbocycles. The average Bonchev–Trinajstić information content (AvgIpc) is 2.85. The molecule has 3 rings (SSSR count). The molecular weight excluding hydrogens is 314 g/mol. The molecule has 0 N–H and O–H groups in total. The standard InChI is InChI=1S/C20H27N3O2/c1-3-7-16-8-6-12-22(13-11-16)19(24)14-23-20(25)18-10-5-4-9-17(18)15(2)21-23/h4-5,9-10,16H,3,6-8,11-14H2,1-2H3/t16-/m0/s1. The number of carbonyl (C=O) groups is 1. The van der Waals surface area contributed by atoms with E-state index in [1.165, 1.54) is 23.9 Å². The number of amides is 1. The number of aryl methyl sites for hydroxylation is 1. The molecule has 0 bridgehead atoms. The highest BCUT2D eigenvalue weighted by atomic mass is 16.2. The smallest absolute Gasteiger partial charge is 0.275 e. The van der Waals surface area contributed by atoms with Gasteiger partial charge in [-0.2, -0.15) is 5.10 Å². The van der Waals surface area contributed by atoms with E-state index >= 15 is 0 Å². The van der Waals surface area contributed by atoms with Crippen molar-refractivity contribution in [2.24, 2.45) is 5.92 Å². The molecule has 2 heterocycles. The van der Waals surface area contributed by atoms with Gasteiger partial charge in [-0.3, -0.25) is 9.59 Å². The molecule has 5 nitrogen and oxygen atoms in total. The first-order valence-electron chi connectivity index (χ1n) is 9.34. The third-order valence-corrected chi connectivity index (χ3v) is 5.23. The molecule has 25 heavy (non-hydrogen) atoms. The topological polar surface area (TPSA) is 55.2 Å². The van der Waals surface area contributed by atoms with Crippen LogP contribution in [0.15, 0.2) is 29.1 Å². The molecule has 134 valence electrons. The Morgan fingerprint density at radius 2 is 1.96 bits per heavy atom. The summed E-state index contributed by atoms with van der Waals surface area (Å²) in [5.74, 6) is 0.730. The maximum atomic E-state index is 12.7. The van der Waals surface area contributed by atoms with Crippen molar-refractivity contribution in [3.63, 3.8) is 0 Å². The highest BCUT2D eigenvalue weighted by Gasteiger charge is 2.21. The number of aromatic nitrogens is 2. The van der Waals surface area contributed by atoms with Crippen LogP contribution < -0.4 is 5.56 Å². The normalized spacial score (nSPS) is 18.3. The monoisotopic (exact) mass is 341 g/mol. The van der Waals surface area contributed by atoms with E-state index in [4.69, 9.17) is 0 Å². The number of hydrogen-bond donors (Lipinski definition) is 0. The SMILES string of the molecule is CCC[C@H]1CCCN(C(=O)Cn2nc(C)c3ccccc3c2=O)CC1. The van der Waals surface area contributed by atoms with E-state index < -0.39 is 0 Å². The van der Waals surface area contributed by atoms with Crippen LogP contribution in [0, 0.1) is 12.8 Å². The minimum atomic E-state index is -0.187. The van der Waals surface area contributed by atoms with Crippen molar-refractivity contribution in [2.75, 3.05) is 13.1 Å². The Bertz CT molecular complexity index is 812. The van der Waals surface area contributed by atoms with Crippen molar-refractivity contribution in [3.8, 4) is 0 Å². The van der Waals surface area contributed by atoms with E-state index in [-0.39, 0.29) is 18.0 Å². The van der Waals surface area contributed by atoms with Gasteiger partial charge in [0.25, 0.3) is 5.56 Å². The van der Waals surface area contributed by atoms with Crippen molar-refractivity contribution in [1.29, 1.82) is 0 Å². The lowest BCUT2D eigenvalue weighted by Crippen LogP contribution is -2.38. The fourth-order valence-electron chi connectivity index (χ4n) is 3.85. The second kappa shape index (κ2) is 7.81. The predicted octanol–water partition coefficient (Wildman–Crippen LogP) is 3.13. The van der Waals surface area contributed by atoms with Gasteiger partial charge in [-0.25, -0.2) is 4.68 Å². The number of likely N-dealkylation sites (tertiary alicyclic amines) is 1. The van der Waals surface area contributed by atoms with Gasteiger partial charge in [-0.05, 0) is 38.2 Å². The van der Waals surface area contributed by atoms with Crippen LogP contribution in [0.4, 0.5) is 0 Å². The summed E-state index contributed by atoms with van der Waals surface area (Å²) in [7, 11) is 0. The van der Waals surface area contributed by atoms with Crippen molar-refractivity contribution in [1.82, 2.24) is 14.7 Å². The van der Waals surface area contributed by atoms with E-state index in [1.54, 1.807) is 6.07 Å². The lowest BCUT2D eigenvalue weighted by molar-refractivity contribution is -0.132. The summed E-state index contributed by atoms with van der Waals surface area (Å²) in [6, 6.07) is 7.44. The molecule has 0 spiro atoms. The number of carbonyl (C=O) groups excluding carboxylic acids is 1. The maximum Gasteiger partial charge on any atom is 0.275 e. The van der Waals surface area contributed by atoms with Gasteiger partial charge in [0.05, 0.1) is 11.1 Å². The third-order valence-electron chi connectivity index (χ3n) is 5.23. The zero-order valence-electron chi connectivity index (χ0n) is 15.2. The molecule has 0 radical (unpaired) electrons. The first-order valence-corrected chi connectivity index (χ1v) is 9.34. The molecule has 0 saturated carbocycles. The van der Waals surface area contributed by atoms with E-state index in [1.807, 2.05) is 30.0 Å². The summed E-state index contributed by atoms with van der Waals surface area (Å²) >= 11 is 0. The second-order valence-corrected chi connectivity index (χ2v) is 7.06. The Hall–Kier alpha value is -2.17. The molecule has 1 aliphatic rings. The van der Waals surface area contributed by atoms with Crippen LogP contribution in [0.2, 0.25) is 0 Å². The van der Waals surface area contributed by atoms with Crippen LogP contribution in [0.3, 0.4) is 0 Å². The third kappa shape index (κ3) is 3.91. The highest BCUT2D eigenvalue weighted by Crippen LogP contribution is 2.22. The molecule has 0 unspecified atom stereocenters. The van der Waals surface area contributed by atoms with Gasteiger partial charge in [0.2, 0.25) is 5.91 Å². The lowest BCUT2D eigenvalue weighted by atomic mass is 9.96. The summed E-state index contributed by atoms with van der Waals surface area (Å²) in [5.41, 5.74) is 0.593. The van der Waals surface area contributed by atoms with E-state index in [9.17, 15) is 9.59 Å². The Kier molecular flexibility index (Phi) is 5.51. The molecule has 1 amide bonds. The number of benzene rings is 1. The van der Waals surface area contributed by atoms with Crippen LogP contribution in [-0.4, -0.2) is 33.7 Å². The average molecular weight is 341 g/mol.